The molecule has 0 saturated heterocycles. The van der Waals surface area contributed by atoms with Crippen molar-refractivity contribution >= 4 is 5.91 Å². The second-order valence-corrected chi connectivity index (χ2v) is 1.81. The van der Waals surface area contributed by atoms with Crippen LogP contribution in [0.5, 0.6) is 0 Å². The molecule has 10 heavy (non-hydrogen) atoms. The molecule has 1 amide bonds. The molecule has 0 saturated carbocycles. The van der Waals surface area contributed by atoms with E-state index in [1.54, 1.807) is 0 Å². The predicted octanol–water partition coefficient (Wildman–Crippen LogP) is 0.467. The highest BCUT2D eigenvalue weighted by molar-refractivity contribution is 5.71. The molecule has 0 aliphatic heterocycles. The Labute approximate surface area is 60.7 Å². The summed E-state index contributed by atoms with van der Waals surface area (Å²) >= 11 is 0. The third-order valence-electron chi connectivity index (χ3n) is 0.783. The molecule has 0 aromatic carbocycles. The van der Waals surface area contributed by atoms with Crippen molar-refractivity contribution in [2.24, 2.45) is 0 Å². The minimum absolute atomic E-state index is 0.194. The number of unbranched alkanes of at least 4 members (excludes halogenated alkanes) is 1. The van der Waals surface area contributed by atoms with Gasteiger partial charge in [0.25, 0.3) is 0 Å². The van der Waals surface area contributed by atoms with Crippen molar-refractivity contribution in [1.29, 1.82) is 0 Å². The van der Waals surface area contributed by atoms with Crippen molar-refractivity contribution in [3.63, 3.8) is 0 Å². The summed E-state index contributed by atoms with van der Waals surface area (Å²) in [5, 5.41) is 0. The molecule has 0 aliphatic carbocycles. The number of hydrogen-bond acceptors (Lipinski definition) is 2. The number of carbonyl (C=O) groups is 1. The van der Waals surface area contributed by atoms with Crippen LogP contribution in [-0.2, 0) is 9.63 Å². The van der Waals surface area contributed by atoms with Gasteiger partial charge in [-0.3, -0.25) is 9.63 Å². The largest absolute Gasteiger partial charge is 0.274 e. The molecule has 0 bridgehead atoms. The first-order chi connectivity index (χ1) is 4.77. The Morgan fingerprint density at radius 3 is 3.00 bits per heavy atom. The maximum atomic E-state index is 10.2. The lowest BCUT2D eigenvalue weighted by atomic mass is 10.3. The van der Waals surface area contributed by atoms with E-state index in [4.69, 9.17) is 11.3 Å². The third kappa shape index (κ3) is 6.99. The monoisotopic (exact) mass is 141 g/mol. The summed E-state index contributed by atoms with van der Waals surface area (Å²) in [5.74, 6) is 2.27. The standard InChI is InChI=1S/C7H11NO2/c1-3-4-5-6-10-8-7(2)9/h1H,4-6H2,2H3,(H,8,9). The molecule has 0 radical (unpaired) electrons. The van der Waals surface area contributed by atoms with E-state index in [2.05, 4.69) is 11.4 Å². The number of terminal acetylenes is 1. The molecule has 1 N–H and O–H groups in total. The van der Waals surface area contributed by atoms with Gasteiger partial charge in [0, 0.05) is 13.3 Å². The minimum atomic E-state index is -0.194. The fraction of sp³-hybridized carbons (Fsp3) is 0.571. The zero-order valence-electron chi connectivity index (χ0n) is 6.02. The quantitative estimate of drug-likeness (QED) is 0.351. The highest BCUT2D eigenvalue weighted by atomic mass is 16.6. The summed E-state index contributed by atoms with van der Waals surface area (Å²) in [6, 6.07) is 0. The fourth-order valence-electron chi connectivity index (χ4n) is 0.399. The molecule has 0 heterocycles. The van der Waals surface area contributed by atoms with Gasteiger partial charge < -0.3 is 0 Å². The van der Waals surface area contributed by atoms with Gasteiger partial charge in [0.2, 0.25) is 5.91 Å². The van der Waals surface area contributed by atoms with E-state index < -0.39 is 0 Å². The van der Waals surface area contributed by atoms with Crippen molar-refractivity contribution < 1.29 is 9.63 Å². The molecule has 0 unspecified atom stereocenters. The van der Waals surface area contributed by atoms with Crippen molar-refractivity contribution in [2.45, 2.75) is 19.8 Å². The number of amides is 1. The molecule has 0 spiro atoms. The van der Waals surface area contributed by atoms with Crippen molar-refractivity contribution in [3.05, 3.63) is 0 Å². The Bertz CT molecular complexity index is 137. The maximum absolute atomic E-state index is 10.2. The SMILES string of the molecule is C#CCCCONC(C)=O. The highest BCUT2D eigenvalue weighted by Gasteiger charge is 1.88. The second-order valence-electron chi connectivity index (χ2n) is 1.81. The van der Waals surface area contributed by atoms with Crippen molar-refractivity contribution in [2.75, 3.05) is 6.61 Å². The minimum Gasteiger partial charge on any atom is -0.274 e. The molecule has 3 heteroatoms. The van der Waals surface area contributed by atoms with Gasteiger partial charge in [-0.25, -0.2) is 5.48 Å². The number of nitrogens with one attached hydrogen (secondary N) is 1. The van der Waals surface area contributed by atoms with Crippen LogP contribution in [0.2, 0.25) is 0 Å². The Morgan fingerprint density at radius 1 is 1.80 bits per heavy atom. The highest BCUT2D eigenvalue weighted by Crippen LogP contribution is 1.84. The van der Waals surface area contributed by atoms with Gasteiger partial charge in [-0.1, -0.05) is 0 Å². The normalized spacial score (nSPS) is 8.40. The molecule has 0 atom stereocenters. The Hall–Kier alpha value is -1.01. The fourth-order valence-corrected chi connectivity index (χ4v) is 0.399. The van der Waals surface area contributed by atoms with E-state index in [9.17, 15) is 4.79 Å². The number of hydroxylamine groups is 1. The molecular formula is C7H11NO2. The lowest BCUT2D eigenvalue weighted by Crippen LogP contribution is -2.20. The van der Waals surface area contributed by atoms with Crippen LogP contribution in [0.1, 0.15) is 19.8 Å². The molecule has 0 aliphatic rings. The van der Waals surface area contributed by atoms with E-state index >= 15 is 0 Å². The summed E-state index contributed by atoms with van der Waals surface area (Å²) in [5.41, 5.74) is 2.20. The number of rotatable bonds is 4. The van der Waals surface area contributed by atoms with Gasteiger partial charge in [0.1, 0.15) is 0 Å². The van der Waals surface area contributed by atoms with E-state index in [0.717, 1.165) is 6.42 Å². The molecule has 0 fully saturated rings. The first-order valence-electron chi connectivity index (χ1n) is 3.09. The zero-order chi connectivity index (χ0) is 7.82. The number of hydrogen-bond donors (Lipinski definition) is 1. The Balaban J connectivity index is 2.92. The topological polar surface area (TPSA) is 38.3 Å². The first-order valence-corrected chi connectivity index (χ1v) is 3.09. The average molecular weight is 141 g/mol. The van der Waals surface area contributed by atoms with Gasteiger partial charge in [-0.15, -0.1) is 12.3 Å². The number of carbonyl (C=O) groups excluding carboxylic acids is 1. The lowest BCUT2D eigenvalue weighted by Gasteiger charge is -1.99. The smallest absolute Gasteiger partial charge is 0.240 e. The third-order valence-corrected chi connectivity index (χ3v) is 0.783. The summed E-state index contributed by atoms with van der Waals surface area (Å²) in [6.07, 6.45) is 6.43. The molecule has 56 valence electrons. The van der Waals surface area contributed by atoms with Crippen LogP contribution < -0.4 is 5.48 Å². The van der Waals surface area contributed by atoms with Crippen LogP contribution in [0.3, 0.4) is 0 Å². The lowest BCUT2D eigenvalue weighted by molar-refractivity contribution is -0.131. The van der Waals surface area contributed by atoms with Crippen LogP contribution in [-0.4, -0.2) is 12.5 Å². The van der Waals surface area contributed by atoms with Gasteiger partial charge in [0.05, 0.1) is 6.61 Å². The summed E-state index contributed by atoms with van der Waals surface area (Å²) < 4.78 is 0. The van der Waals surface area contributed by atoms with Crippen LogP contribution >= 0.6 is 0 Å². The second kappa shape index (κ2) is 6.12. The van der Waals surface area contributed by atoms with Crippen molar-refractivity contribution in [3.8, 4) is 12.3 Å². The van der Waals surface area contributed by atoms with Gasteiger partial charge >= 0.3 is 0 Å². The summed E-state index contributed by atoms with van der Waals surface area (Å²) in [6.45, 7) is 1.87. The van der Waals surface area contributed by atoms with Crippen molar-refractivity contribution in [1.82, 2.24) is 5.48 Å². The maximum Gasteiger partial charge on any atom is 0.240 e. The molecule has 0 aromatic heterocycles. The summed E-state index contributed by atoms with van der Waals surface area (Å²) in [4.78, 5) is 14.9. The molecule has 0 rings (SSSR count). The Morgan fingerprint density at radius 2 is 2.50 bits per heavy atom. The zero-order valence-corrected chi connectivity index (χ0v) is 6.02. The molecule has 0 aromatic rings. The molecule has 3 nitrogen and oxygen atoms in total. The van der Waals surface area contributed by atoms with E-state index in [1.807, 2.05) is 0 Å². The molecular weight excluding hydrogens is 130 g/mol. The van der Waals surface area contributed by atoms with E-state index in [1.165, 1.54) is 6.92 Å². The first kappa shape index (κ1) is 8.99. The summed E-state index contributed by atoms with van der Waals surface area (Å²) in [7, 11) is 0. The van der Waals surface area contributed by atoms with Crippen LogP contribution in [0.15, 0.2) is 0 Å². The van der Waals surface area contributed by atoms with Gasteiger partial charge in [-0.2, -0.15) is 0 Å². The van der Waals surface area contributed by atoms with Crippen LogP contribution in [0.4, 0.5) is 0 Å². The predicted molar refractivity (Wildman–Crippen MR) is 37.8 cm³/mol. The average Bonchev–Trinajstić information content (AvgIpc) is 1.87. The van der Waals surface area contributed by atoms with Gasteiger partial charge in [-0.05, 0) is 6.42 Å². The van der Waals surface area contributed by atoms with Crippen LogP contribution in [0.25, 0.3) is 0 Å². The van der Waals surface area contributed by atoms with E-state index in [-0.39, 0.29) is 5.91 Å². The van der Waals surface area contributed by atoms with E-state index in [0.29, 0.717) is 13.0 Å². The Kier molecular flexibility index (Phi) is 5.50. The van der Waals surface area contributed by atoms with Gasteiger partial charge in [0.15, 0.2) is 0 Å². The van der Waals surface area contributed by atoms with Crippen LogP contribution in [0, 0.1) is 12.3 Å².